The Hall–Kier alpha value is -1.67. The molecule has 0 aliphatic heterocycles. The molecule has 3 heteroatoms. The van der Waals surface area contributed by atoms with E-state index in [2.05, 4.69) is 0 Å². The number of hydrogen-bond donors (Lipinski definition) is 0. The number of ether oxygens (including phenoxy) is 2. The Balaban J connectivity index is 2.15. The number of alkyl halides is 1. The number of rotatable bonds is 5. The maximum Gasteiger partial charge on any atom is 0.160 e. The lowest BCUT2D eigenvalue weighted by Gasteiger charge is -2.12. The van der Waals surface area contributed by atoms with Crippen molar-refractivity contribution in [2.45, 2.75) is 11.8 Å². The molecule has 0 N–H and O–H groups in total. The third kappa shape index (κ3) is 3.42. The molecule has 2 nitrogen and oxygen atoms in total. The van der Waals surface area contributed by atoms with Crippen molar-refractivity contribution in [3.8, 4) is 11.5 Å². The minimum Gasteiger partial charge on any atom is -0.493 e. The highest BCUT2D eigenvalue weighted by molar-refractivity contribution is 6.20. The molecule has 0 saturated carbocycles. The lowest BCUT2D eigenvalue weighted by Crippen LogP contribution is -1.97. The van der Waals surface area contributed by atoms with Gasteiger partial charge in [-0.2, -0.15) is 0 Å². The minimum atomic E-state index is -0.0423. The van der Waals surface area contributed by atoms with E-state index in [9.17, 15) is 0 Å². The van der Waals surface area contributed by atoms with Crippen LogP contribution in [0.2, 0.25) is 0 Å². The van der Waals surface area contributed by atoms with Crippen LogP contribution >= 0.6 is 11.6 Å². The molecule has 1 unspecified atom stereocenters. The van der Waals surface area contributed by atoms with Gasteiger partial charge in [-0.3, -0.25) is 0 Å². The van der Waals surface area contributed by atoms with Crippen molar-refractivity contribution < 1.29 is 9.47 Å². The molecule has 0 spiro atoms. The van der Waals surface area contributed by atoms with Gasteiger partial charge < -0.3 is 9.47 Å². The largest absolute Gasteiger partial charge is 0.493 e. The van der Waals surface area contributed by atoms with Gasteiger partial charge in [0.1, 0.15) is 0 Å². The molecule has 0 aliphatic carbocycles. The van der Waals surface area contributed by atoms with Crippen LogP contribution in [0, 0.1) is 0 Å². The summed E-state index contributed by atoms with van der Waals surface area (Å²) < 4.78 is 10.5. The Morgan fingerprint density at radius 3 is 2.26 bits per heavy atom. The molecule has 0 fully saturated rings. The van der Waals surface area contributed by atoms with Crippen molar-refractivity contribution in [1.82, 2.24) is 0 Å². The van der Waals surface area contributed by atoms with Crippen molar-refractivity contribution >= 4 is 11.6 Å². The molecule has 0 bridgehead atoms. The first kappa shape index (κ1) is 13.8. The highest BCUT2D eigenvalue weighted by atomic mass is 35.5. The smallest absolute Gasteiger partial charge is 0.160 e. The zero-order valence-electron chi connectivity index (χ0n) is 11.1. The lowest BCUT2D eigenvalue weighted by molar-refractivity contribution is 0.354. The fraction of sp³-hybridized carbons (Fsp3) is 0.250. The van der Waals surface area contributed by atoms with E-state index in [0.717, 1.165) is 29.0 Å². The van der Waals surface area contributed by atoms with Gasteiger partial charge in [0.2, 0.25) is 0 Å². The summed E-state index contributed by atoms with van der Waals surface area (Å²) in [4.78, 5) is 0. The van der Waals surface area contributed by atoms with Gasteiger partial charge in [-0.1, -0.05) is 36.4 Å². The second-order valence-corrected chi connectivity index (χ2v) is 4.80. The molecule has 19 heavy (non-hydrogen) atoms. The van der Waals surface area contributed by atoms with Crippen molar-refractivity contribution in [2.75, 3.05) is 14.2 Å². The Morgan fingerprint density at radius 2 is 1.63 bits per heavy atom. The van der Waals surface area contributed by atoms with Gasteiger partial charge in [0.05, 0.1) is 19.6 Å². The first-order valence-corrected chi connectivity index (χ1v) is 6.58. The SMILES string of the molecule is COc1ccc(CC(Cl)c2ccccc2)cc1OC. The lowest BCUT2D eigenvalue weighted by atomic mass is 10.0. The highest BCUT2D eigenvalue weighted by Crippen LogP contribution is 2.31. The third-order valence-corrected chi connectivity index (χ3v) is 3.43. The highest BCUT2D eigenvalue weighted by Gasteiger charge is 2.11. The molecule has 0 heterocycles. The van der Waals surface area contributed by atoms with Crippen LogP contribution in [0.5, 0.6) is 11.5 Å². The molecule has 0 aliphatic rings. The summed E-state index contributed by atoms with van der Waals surface area (Å²) in [5.74, 6) is 1.47. The zero-order valence-corrected chi connectivity index (χ0v) is 11.9. The van der Waals surface area contributed by atoms with Crippen LogP contribution in [0.4, 0.5) is 0 Å². The van der Waals surface area contributed by atoms with Crippen LogP contribution in [0.1, 0.15) is 16.5 Å². The molecule has 2 rings (SSSR count). The quantitative estimate of drug-likeness (QED) is 0.761. The van der Waals surface area contributed by atoms with Gasteiger partial charge in [0.25, 0.3) is 0 Å². The van der Waals surface area contributed by atoms with Crippen molar-refractivity contribution in [1.29, 1.82) is 0 Å². The van der Waals surface area contributed by atoms with Crippen LogP contribution < -0.4 is 9.47 Å². The van der Waals surface area contributed by atoms with E-state index in [0.29, 0.717) is 0 Å². The van der Waals surface area contributed by atoms with E-state index in [1.165, 1.54) is 0 Å². The van der Waals surface area contributed by atoms with Crippen LogP contribution in [0.3, 0.4) is 0 Å². The molecule has 0 saturated heterocycles. The van der Waals surface area contributed by atoms with Gasteiger partial charge >= 0.3 is 0 Å². The maximum atomic E-state index is 6.44. The maximum absolute atomic E-state index is 6.44. The monoisotopic (exact) mass is 276 g/mol. The Bertz CT molecular complexity index is 526. The van der Waals surface area contributed by atoms with E-state index in [1.807, 2.05) is 48.5 Å². The van der Waals surface area contributed by atoms with Gasteiger partial charge in [-0.25, -0.2) is 0 Å². The minimum absolute atomic E-state index is 0.0423. The van der Waals surface area contributed by atoms with Gasteiger partial charge in [-0.05, 0) is 29.7 Å². The molecule has 100 valence electrons. The Morgan fingerprint density at radius 1 is 0.947 bits per heavy atom. The number of benzene rings is 2. The third-order valence-electron chi connectivity index (χ3n) is 3.02. The predicted molar refractivity (Wildman–Crippen MR) is 78.3 cm³/mol. The average molecular weight is 277 g/mol. The standard InChI is InChI=1S/C16H17ClO2/c1-18-15-9-8-12(11-16(15)19-2)10-14(17)13-6-4-3-5-7-13/h3-9,11,14H,10H2,1-2H3. The fourth-order valence-corrected chi connectivity index (χ4v) is 2.32. The summed E-state index contributed by atoms with van der Waals surface area (Å²) in [7, 11) is 3.27. The van der Waals surface area contributed by atoms with Crippen LogP contribution in [0.15, 0.2) is 48.5 Å². The summed E-state index contributed by atoms with van der Waals surface area (Å²) in [5, 5.41) is -0.0423. The van der Waals surface area contributed by atoms with E-state index in [4.69, 9.17) is 21.1 Å². The van der Waals surface area contributed by atoms with E-state index < -0.39 is 0 Å². The topological polar surface area (TPSA) is 18.5 Å². The number of hydrogen-bond acceptors (Lipinski definition) is 2. The summed E-state index contributed by atoms with van der Waals surface area (Å²) in [6.45, 7) is 0. The Labute approximate surface area is 118 Å². The van der Waals surface area contributed by atoms with Gasteiger partial charge in [0.15, 0.2) is 11.5 Å². The molecular weight excluding hydrogens is 260 g/mol. The van der Waals surface area contributed by atoms with Gasteiger partial charge in [0, 0.05) is 0 Å². The summed E-state index contributed by atoms with van der Waals surface area (Å²) >= 11 is 6.44. The van der Waals surface area contributed by atoms with Gasteiger partial charge in [-0.15, -0.1) is 11.6 Å². The second-order valence-electron chi connectivity index (χ2n) is 4.27. The fourth-order valence-electron chi connectivity index (χ4n) is 1.99. The summed E-state index contributed by atoms with van der Waals surface area (Å²) in [6, 6.07) is 16.0. The molecule has 0 aromatic heterocycles. The van der Waals surface area contributed by atoms with E-state index in [1.54, 1.807) is 14.2 Å². The molecule has 2 aromatic carbocycles. The molecule has 0 radical (unpaired) electrons. The first-order valence-electron chi connectivity index (χ1n) is 6.14. The zero-order chi connectivity index (χ0) is 13.7. The summed E-state index contributed by atoms with van der Waals surface area (Å²) in [6.07, 6.45) is 0.756. The average Bonchev–Trinajstić information content (AvgIpc) is 2.48. The van der Waals surface area contributed by atoms with Crippen molar-refractivity contribution in [3.63, 3.8) is 0 Å². The molecular formula is C16H17ClO2. The molecule has 0 amide bonds. The van der Waals surface area contributed by atoms with Crippen LogP contribution in [-0.2, 0) is 6.42 Å². The van der Waals surface area contributed by atoms with Crippen molar-refractivity contribution in [3.05, 3.63) is 59.7 Å². The van der Waals surface area contributed by atoms with Crippen molar-refractivity contribution in [2.24, 2.45) is 0 Å². The van der Waals surface area contributed by atoms with E-state index >= 15 is 0 Å². The second kappa shape index (κ2) is 6.48. The van der Waals surface area contributed by atoms with E-state index in [-0.39, 0.29) is 5.38 Å². The first-order chi connectivity index (χ1) is 9.24. The number of halogens is 1. The van der Waals surface area contributed by atoms with Crippen LogP contribution in [-0.4, -0.2) is 14.2 Å². The van der Waals surface area contributed by atoms with Crippen LogP contribution in [0.25, 0.3) is 0 Å². The molecule has 2 aromatic rings. The Kier molecular flexibility index (Phi) is 4.69. The predicted octanol–water partition coefficient (Wildman–Crippen LogP) is 4.23. The molecule has 1 atom stereocenters. The number of methoxy groups -OCH3 is 2. The normalized spacial score (nSPS) is 11.9. The summed E-state index contributed by atoms with van der Waals surface area (Å²) in [5.41, 5.74) is 2.25.